The first kappa shape index (κ1) is 64.8. The van der Waals surface area contributed by atoms with E-state index in [0.717, 1.165) is 46.0 Å². The number of hydrogen-bond acceptors (Lipinski definition) is 15. The lowest BCUT2D eigenvalue weighted by Crippen LogP contribution is -2.82. The first-order chi connectivity index (χ1) is 40.7. The fourth-order valence-corrected chi connectivity index (χ4v) is 12.3. The fourth-order valence-electron chi connectivity index (χ4n) is 12.3. The van der Waals surface area contributed by atoms with Crippen molar-refractivity contribution in [2.45, 2.75) is 167 Å². The molecular weight excluding hydrogens is 1080 g/mol. The lowest BCUT2D eigenvalue weighted by molar-refractivity contribution is -0.346. The second kappa shape index (κ2) is 29.3. The van der Waals surface area contributed by atoms with E-state index < -0.39 is 119 Å². The van der Waals surface area contributed by atoms with Crippen LogP contribution in [-0.2, 0) is 52.4 Å². The molecule has 4 aliphatic rings. The summed E-state index contributed by atoms with van der Waals surface area (Å²) in [6.45, 7) is 10.1. The van der Waals surface area contributed by atoms with E-state index >= 15 is 9.59 Å². The summed E-state index contributed by atoms with van der Waals surface area (Å²) in [5.41, 5.74) is -7.33. The summed E-state index contributed by atoms with van der Waals surface area (Å²) < 4.78 is 37.2. The van der Waals surface area contributed by atoms with Gasteiger partial charge in [0, 0.05) is 44.1 Å². The average molecular weight is 1160 g/mol. The van der Waals surface area contributed by atoms with Gasteiger partial charge >= 0.3 is 29.8 Å². The number of carbonyl (C=O) groups excluding carboxylic acids is 7. The minimum Gasteiger partial charge on any atom is -0.455 e. The van der Waals surface area contributed by atoms with E-state index in [0.29, 0.717) is 12.0 Å². The second-order valence-electron chi connectivity index (χ2n) is 22.8. The summed E-state index contributed by atoms with van der Waals surface area (Å²) in [5, 5.41) is 29.2. The summed E-state index contributed by atoms with van der Waals surface area (Å²) in [5.74, 6) is -7.73. The number of amides is 1. The number of hydrogen-bond donors (Lipinski definition) is 3. The molecule has 0 spiro atoms. The normalized spacial score (nSPS) is 27.0. The number of esters is 5. The predicted octanol–water partition coefficient (Wildman–Crippen LogP) is 10.8. The Hall–Kier alpha value is -7.79. The maximum Gasteiger partial charge on any atom is 0.350 e. The van der Waals surface area contributed by atoms with Gasteiger partial charge in [0.05, 0.1) is 29.6 Å². The van der Waals surface area contributed by atoms with Crippen LogP contribution in [0.1, 0.15) is 145 Å². The van der Waals surface area contributed by atoms with Crippen molar-refractivity contribution >= 4 is 41.5 Å². The second-order valence-corrected chi connectivity index (χ2v) is 22.8. The number of ketones is 1. The van der Waals surface area contributed by atoms with Crippen molar-refractivity contribution in [1.82, 2.24) is 5.32 Å². The van der Waals surface area contributed by atoms with Gasteiger partial charge in [0.2, 0.25) is 6.10 Å². The Kier molecular flexibility index (Phi) is 22.4. The van der Waals surface area contributed by atoms with E-state index in [1.165, 1.54) is 26.0 Å². The van der Waals surface area contributed by atoms with Gasteiger partial charge < -0.3 is 44.0 Å². The van der Waals surface area contributed by atoms with Crippen LogP contribution in [0.25, 0.3) is 0 Å². The van der Waals surface area contributed by atoms with Crippen molar-refractivity contribution < 1.29 is 72.2 Å². The molecule has 11 atom stereocenters. The number of aliphatic hydroxyl groups excluding tert-OH is 1. The number of Topliss-reactive ketones (excluding diaryl/α,β-unsaturated/α-hetero) is 1. The first-order valence-corrected chi connectivity index (χ1v) is 29.3. The van der Waals surface area contributed by atoms with Gasteiger partial charge in [-0.25, -0.2) is 9.59 Å². The van der Waals surface area contributed by atoms with Crippen LogP contribution in [0.2, 0.25) is 0 Å². The Labute approximate surface area is 498 Å². The highest BCUT2D eigenvalue weighted by molar-refractivity contribution is 5.96. The minimum atomic E-state index is -2.46. The fraction of sp³-hybridized carbons (Fsp3) is 0.435. The molecule has 0 radical (unpaired) electrons. The van der Waals surface area contributed by atoms with E-state index in [1.54, 1.807) is 92.7 Å². The quantitative estimate of drug-likeness (QED) is 0.0407. The predicted molar refractivity (Wildman–Crippen MR) is 319 cm³/mol. The van der Waals surface area contributed by atoms with Crippen LogP contribution in [0.5, 0.6) is 0 Å². The molecule has 2 saturated carbocycles. The number of aliphatic hydroxyl groups is 2. The van der Waals surface area contributed by atoms with Crippen LogP contribution < -0.4 is 5.32 Å². The van der Waals surface area contributed by atoms with Gasteiger partial charge in [-0.1, -0.05) is 160 Å². The number of rotatable bonds is 25. The van der Waals surface area contributed by atoms with Crippen molar-refractivity contribution in [3.63, 3.8) is 0 Å². The first-order valence-electron chi connectivity index (χ1n) is 29.3. The van der Waals surface area contributed by atoms with Gasteiger partial charge in [-0.2, -0.15) is 0 Å². The Morgan fingerprint density at radius 3 is 1.75 bits per heavy atom. The van der Waals surface area contributed by atoms with Crippen molar-refractivity contribution in [3.8, 4) is 0 Å². The summed E-state index contributed by atoms with van der Waals surface area (Å²) >= 11 is 0. The van der Waals surface area contributed by atoms with Crippen molar-refractivity contribution in [2.75, 3.05) is 6.61 Å². The molecule has 16 heteroatoms. The van der Waals surface area contributed by atoms with Crippen LogP contribution in [0, 0.1) is 16.7 Å². The molecule has 85 heavy (non-hydrogen) atoms. The summed E-state index contributed by atoms with van der Waals surface area (Å²) in [6.07, 6.45) is 19.4. The summed E-state index contributed by atoms with van der Waals surface area (Å²) in [6, 6.07) is 23.1. The highest BCUT2D eigenvalue weighted by Gasteiger charge is 2.78. The molecule has 3 aliphatic carbocycles. The molecule has 3 fully saturated rings. The van der Waals surface area contributed by atoms with Crippen LogP contribution in [-0.4, -0.2) is 106 Å². The molecular formula is C69H81NO15. The summed E-state index contributed by atoms with van der Waals surface area (Å²) in [7, 11) is 0. The van der Waals surface area contributed by atoms with Gasteiger partial charge in [-0.05, 0) is 99.8 Å². The average Bonchev–Trinajstić information content (AvgIpc) is 0.690. The monoisotopic (exact) mass is 1160 g/mol. The number of benzene rings is 3. The van der Waals surface area contributed by atoms with E-state index in [4.69, 9.17) is 28.4 Å². The molecule has 2 bridgehead atoms. The van der Waals surface area contributed by atoms with Crippen LogP contribution in [0.15, 0.2) is 175 Å². The van der Waals surface area contributed by atoms with Crippen molar-refractivity contribution in [3.05, 3.63) is 192 Å². The van der Waals surface area contributed by atoms with E-state index in [1.807, 2.05) is 18.2 Å². The summed E-state index contributed by atoms with van der Waals surface area (Å²) in [4.78, 5) is 101. The van der Waals surface area contributed by atoms with Crippen LogP contribution in [0.4, 0.5) is 0 Å². The molecule has 7 rings (SSSR count). The van der Waals surface area contributed by atoms with Crippen LogP contribution >= 0.6 is 0 Å². The third kappa shape index (κ3) is 14.8. The Bertz CT molecular complexity index is 3070. The molecule has 1 aliphatic heterocycles. The SMILES string of the molecule is CC/C=C/C/C=C/C/C=C/C/C=C/C/C=C/C/C=C/CCC(=O)OC(C(=O)OC1CC2(O)C(OC(=O)c3ccccc3)C3C4(OC(C)=O)COC4CC(O)C3(C)C(=O)C(OC(C)=O)C(=C1C)C2(C)C)C(NC(=O)c1ccccc1)c1ccccc1. The van der Waals surface area contributed by atoms with Gasteiger partial charge in [-0.15, -0.1) is 0 Å². The highest BCUT2D eigenvalue weighted by atomic mass is 16.6. The van der Waals surface area contributed by atoms with E-state index in [2.05, 4.69) is 66.9 Å². The molecule has 3 N–H and O–H groups in total. The molecule has 3 aromatic rings. The lowest BCUT2D eigenvalue weighted by Gasteiger charge is -2.67. The number of fused-ring (bicyclic) bond motifs is 5. The molecule has 1 amide bonds. The molecule has 1 heterocycles. The molecule has 16 nitrogen and oxygen atoms in total. The number of nitrogens with one attached hydrogen (secondary N) is 1. The standard InChI is InChI=1S/C69H81NO15/c1-8-9-10-11-12-13-14-15-16-17-18-19-20-21-22-23-24-25-35-42-55(74)83-59(57(49-36-29-26-30-37-49)70-63(76)50-38-31-27-32-39-50)65(78)82-52-44-69(79)62(84-64(77)51-40-33-28-34-41-51)60-67(7,53(73)43-54-68(60,45-80-54)85-48(4)72)61(75)58(81-47(3)71)56(46(52)2)66(69,5)6/h9-10,12-13,15-16,18-19,21-22,24-34,36-41,52-54,57-60,62,73,79H,8,11,14,17,20,23,35,42-45H2,1-7H3,(H,70,76)/b10-9+,13-12+,16-15+,19-18+,22-21+,25-24+. The Morgan fingerprint density at radius 1 is 0.706 bits per heavy atom. The van der Waals surface area contributed by atoms with Gasteiger partial charge in [0.1, 0.15) is 30.0 Å². The molecule has 3 aromatic carbocycles. The maximum atomic E-state index is 15.8. The third-order valence-electron chi connectivity index (χ3n) is 16.8. The molecule has 0 aromatic heterocycles. The Morgan fingerprint density at radius 2 is 1.24 bits per heavy atom. The number of allylic oxidation sites excluding steroid dienone is 12. The molecule has 452 valence electrons. The highest BCUT2D eigenvalue weighted by Crippen LogP contribution is 2.64. The largest absolute Gasteiger partial charge is 0.455 e. The number of ether oxygens (including phenoxy) is 6. The van der Waals surface area contributed by atoms with Gasteiger partial charge in [0.25, 0.3) is 5.91 Å². The zero-order valence-corrected chi connectivity index (χ0v) is 49.7. The van der Waals surface area contributed by atoms with Crippen molar-refractivity contribution in [1.29, 1.82) is 0 Å². The van der Waals surface area contributed by atoms with Gasteiger partial charge in [-0.3, -0.25) is 24.0 Å². The maximum absolute atomic E-state index is 15.8. The topological polar surface area (TPSA) is 227 Å². The number of carbonyl (C=O) groups is 7. The third-order valence-corrected chi connectivity index (χ3v) is 16.8. The zero-order valence-electron chi connectivity index (χ0n) is 49.7. The molecule has 11 unspecified atom stereocenters. The van der Waals surface area contributed by atoms with E-state index in [-0.39, 0.29) is 48.1 Å². The smallest absolute Gasteiger partial charge is 0.350 e. The lowest BCUT2D eigenvalue weighted by atomic mass is 9.44. The minimum absolute atomic E-state index is 0.0256. The van der Waals surface area contributed by atoms with Crippen LogP contribution in [0.3, 0.4) is 0 Å². The molecule has 1 saturated heterocycles. The van der Waals surface area contributed by atoms with E-state index in [9.17, 15) is 34.2 Å². The zero-order chi connectivity index (χ0) is 61.4. The van der Waals surface area contributed by atoms with Gasteiger partial charge in [0.15, 0.2) is 17.5 Å². The Balaban J connectivity index is 1.21. The van der Waals surface area contributed by atoms with Crippen molar-refractivity contribution in [2.24, 2.45) is 16.7 Å².